The van der Waals surface area contributed by atoms with Crippen LogP contribution in [0.15, 0.2) is 47.4 Å². The van der Waals surface area contributed by atoms with E-state index in [0.717, 1.165) is 18.6 Å². The number of benzene rings is 2. The lowest BCUT2D eigenvalue weighted by Gasteiger charge is -2.09. The van der Waals surface area contributed by atoms with E-state index in [4.69, 9.17) is 4.74 Å². The minimum Gasteiger partial charge on any atom is -0.484 e. The van der Waals surface area contributed by atoms with E-state index < -0.39 is 23.4 Å². The number of carbonyl (C=O) groups excluding carboxylic acids is 2. The molecule has 0 atom stereocenters. The van der Waals surface area contributed by atoms with Crippen molar-refractivity contribution in [1.82, 2.24) is 10.9 Å². The zero-order chi connectivity index (χ0) is 19.6. The van der Waals surface area contributed by atoms with Gasteiger partial charge in [0.05, 0.1) is 0 Å². The summed E-state index contributed by atoms with van der Waals surface area (Å²) in [6, 6.07) is 10.9. The van der Waals surface area contributed by atoms with Crippen molar-refractivity contribution in [3.05, 3.63) is 59.7 Å². The minimum atomic E-state index is -0.930. The van der Waals surface area contributed by atoms with Gasteiger partial charge in [-0.2, -0.15) is 0 Å². The second kappa shape index (κ2) is 10.5. The summed E-state index contributed by atoms with van der Waals surface area (Å²) in [5.41, 5.74) is 5.70. The van der Waals surface area contributed by atoms with Crippen molar-refractivity contribution < 1.29 is 23.1 Å². The maximum atomic E-state index is 13.1. The number of hydrogen-bond donors (Lipinski definition) is 2. The number of rotatable bonds is 8. The quantitative estimate of drug-likeness (QED) is 0.533. The highest BCUT2D eigenvalue weighted by molar-refractivity contribution is 7.99. The average Bonchev–Trinajstić information content (AvgIpc) is 2.68. The van der Waals surface area contributed by atoms with Crippen LogP contribution in [0.5, 0.6) is 5.75 Å². The molecule has 27 heavy (non-hydrogen) atoms. The van der Waals surface area contributed by atoms with Crippen molar-refractivity contribution in [2.75, 3.05) is 12.4 Å². The molecule has 0 spiro atoms. The molecular weight excluding hydrogens is 374 g/mol. The van der Waals surface area contributed by atoms with Crippen molar-refractivity contribution in [3.8, 4) is 5.75 Å². The Balaban J connectivity index is 1.62. The fourth-order valence-corrected chi connectivity index (χ4v) is 2.91. The van der Waals surface area contributed by atoms with Crippen LogP contribution < -0.4 is 15.6 Å². The highest BCUT2D eigenvalue weighted by atomic mass is 32.2. The van der Waals surface area contributed by atoms with Gasteiger partial charge in [-0.15, -0.1) is 11.8 Å². The van der Waals surface area contributed by atoms with E-state index in [1.54, 1.807) is 12.1 Å². The molecule has 0 heterocycles. The molecule has 2 rings (SSSR count). The van der Waals surface area contributed by atoms with Gasteiger partial charge in [-0.3, -0.25) is 20.4 Å². The van der Waals surface area contributed by atoms with Gasteiger partial charge in [0, 0.05) is 17.1 Å². The molecule has 0 saturated heterocycles. The summed E-state index contributed by atoms with van der Waals surface area (Å²) in [6.07, 6.45) is 1.02. The molecule has 2 amide bonds. The van der Waals surface area contributed by atoms with Crippen LogP contribution in [0, 0.1) is 11.6 Å². The van der Waals surface area contributed by atoms with Gasteiger partial charge in [0.1, 0.15) is 5.75 Å². The lowest BCUT2D eigenvalue weighted by Crippen LogP contribution is -2.43. The molecule has 0 aliphatic carbocycles. The van der Waals surface area contributed by atoms with Crippen LogP contribution >= 0.6 is 11.8 Å². The van der Waals surface area contributed by atoms with E-state index in [2.05, 4.69) is 10.9 Å². The fourth-order valence-electron chi connectivity index (χ4n) is 2.04. The van der Waals surface area contributed by atoms with Crippen molar-refractivity contribution in [3.63, 3.8) is 0 Å². The van der Waals surface area contributed by atoms with E-state index >= 15 is 0 Å². The maximum Gasteiger partial charge on any atom is 0.276 e. The monoisotopic (exact) mass is 394 g/mol. The highest BCUT2D eigenvalue weighted by Gasteiger charge is 2.07. The number of hydrazine groups is 1. The van der Waals surface area contributed by atoms with Gasteiger partial charge in [0.2, 0.25) is 5.91 Å². The van der Waals surface area contributed by atoms with E-state index in [1.807, 2.05) is 19.1 Å². The Morgan fingerprint density at radius 3 is 2.37 bits per heavy atom. The average molecular weight is 394 g/mol. The second-order valence-corrected chi connectivity index (χ2v) is 6.73. The number of ether oxygens (including phenoxy) is 1. The molecule has 2 aromatic carbocycles. The molecule has 0 aromatic heterocycles. The lowest BCUT2D eigenvalue weighted by molar-refractivity contribution is -0.129. The van der Waals surface area contributed by atoms with Crippen molar-refractivity contribution in [1.29, 1.82) is 0 Å². The van der Waals surface area contributed by atoms with Crippen LogP contribution in [0.4, 0.5) is 8.78 Å². The maximum absolute atomic E-state index is 13.1. The van der Waals surface area contributed by atoms with Crippen molar-refractivity contribution >= 4 is 23.6 Å². The summed E-state index contributed by atoms with van der Waals surface area (Å²) in [7, 11) is 0. The molecule has 8 heteroatoms. The second-order valence-electron chi connectivity index (χ2n) is 5.56. The molecule has 0 aliphatic heterocycles. The largest absolute Gasteiger partial charge is 0.484 e. The summed E-state index contributed by atoms with van der Waals surface area (Å²) in [5.74, 6) is -1.81. The number of aryl methyl sites for hydroxylation is 1. The summed E-state index contributed by atoms with van der Waals surface area (Å²) >= 11 is 1.21. The van der Waals surface area contributed by atoms with E-state index in [1.165, 1.54) is 23.4 Å². The Kier molecular flexibility index (Phi) is 8.06. The van der Waals surface area contributed by atoms with Crippen LogP contribution in [0.1, 0.15) is 18.9 Å². The number of halogens is 2. The Hall–Kier alpha value is -2.61. The predicted octanol–water partition coefficient (Wildman–Crippen LogP) is 3.24. The van der Waals surface area contributed by atoms with Crippen LogP contribution in [0.25, 0.3) is 0 Å². The van der Waals surface area contributed by atoms with Crippen LogP contribution in [-0.4, -0.2) is 24.2 Å². The summed E-state index contributed by atoms with van der Waals surface area (Å²) in [6.45, 7) is 1.82. The molecule has 0 fully saturated rings. The number of thioether (sulfide) groups is 1. The van der Waals surface area contributed by atoms with E-state index in [-0.39, 0.29) is 13.0 Å². The number of nitrogens with one attached hydrogen (secondary N) is 2. The van der Waals surface area contributed by atoms with Crippen molar-refractivity contribution in [2.45, 2.75) is 24.7 Å². The summed E-state index contributed by atoms with van der Waals surface area (Å²) in [4.78, 5) is 23.9. The van der Waals surface area contributed by atoms with Gasteiger partial charge in [-0.25, -0.2) is 8.78 Å². The van der Waals surface area contributed by atoms with Crippen LogP contribution in [0.2, 0.25) is 0 Å². The molecule has 0 saturated carbocycles. The third kappa shape index (κ3) is 7.26. The van der Waals surface area contributed by atoms with Gasteiger partial charge >= 0.3 is 0 Å². The molecule has 2 aromatic rings. The zero-order valence-electron chi connectivity index (χ0n) is 14.8. The summed E-state index contributed by atoms with van der Waals surface area (Å²) in [5, 5.41) is 0. The molecule has 144 valence electrons. The Labute approximate surface area is 160 Å². The first-order chi connectivity index (χ1) is 13.0. The van der Waals surface area contributed by atoms with Crippen molar-refractivity contribution in [2.24, 2.45) is 0 Å². The Morgan fingerprint density at radius 2 is 1.70 bits per heavy atom. The van der Waals surface area contributed by atoms with Gasteiger partial charge in [-0.05, 0) is 42.3 Å². The van der Waals surface area contributed by atoms with Gasteiger partial charge in [0.15, 0.2) is 18.2 Å². The van der Waals surface area contributed by atoms with E-state index in [0.29, 0.717) is 16.4 Å². The normalized spacial score (nSPS) is 10.3. The smallest absolute Gasteiger partial charge is 0.276 e. The molecule has 5 nitrogen and oxygen atoms in total. The third-order valence-corrected chi connectivity index (χ3v) is 4.53. The molecular formula is C19H20F2N2O3S. The van der Waals surface area contributed by atoms with Gasteiger partial charge < -0.3 is 4.74 Å². The number of carbonyl (C=O) groups is 2. The molecule has 0 aliphatic rings. The van der Waals surface area contributed by atoms with Gasteiger partial charge in [0.25, 0.3) is 5.91 Å². The third-order valence-electron chi connectivity index (χ3n) is 3.53. The standard InChI is InChI=1S/C19H20F2N2O3S/c1-2-13-3-5-14(6-4-13)26-12-19(25)23-22-18(24)9-10-27-15-7-8-16(20)17(21)11-15/h3-8,11H,2,9-10,12H2,1H3,(H,22,24)(H,23,25). The SMILES string of the molecule is CCc1ccc(OCC(=O)NNC(=O)CCSc2ccc(F)c(F)c2)cc1. The highest BCUT2D eigenvalue weighted by Crippen LogP contribution is 2.20. The number of amides is 2. The Bertz CT molecular complexity index is 785. The topological polar surface area (TPSA) is 67.4 Å². The fraction of sp³-hybridized carbons (Fsp3) is 0.263. The van der Waals surface area contributed by atoms with Crippen LogP contribution in [-0.2, 0) is 16.0 Å². The number of hydrogen-bond acceptors (Lipinski definition) is 4. The first-order valence-corrected chi connectivity index (χ1v) is 9.33. The molecule has 2 N–H and O–H groups in total. The zero-order valence-corrected chi connectivity index (χ0v) is 15.6. The summed E-state index contributed by atoms with van der Waals surface area (Å²) < 4.78 is 31.2. The molecule has 0 bridgehead atoms. The van der Waals surface area contributed by atoms with E-state index in [9.17, 15) is 18.4 Å². The first kappa shape index (κ1) is 20.7. The molecule has 0 radical (unpaired) electrons. The van der Waals surface area contributed by atoms with Gasteiger partial charge in [-0.1, -0.05) is 19.1 Å². The predicted molar refractivity (Wildman–Crippen MR) is 99.3 cm³/mol. The molecule has 0 unspecified atom stereocenters. The first-order valence-electron chi connectivity index (χ1n) is 8.35. The Morgan fingerprint density at radius 1 is 1.00 bits per heavy atom. The van der Waals surface area contributed by atoms with Crippen LogP contribution in [0.3, 0.4) is 0 Å². The minimum absolute atomic E-state index is 0.100. The lowest BCUT2D eigenvalue weighted by atomic mass is 10.2.